The molecule has 1 atom stereocenters. The van der Waals surface area contributed by atoms with Gasteiger partial charge in [-0.3, -0.25) is 24.1 Å². The van der Waals surface area contributed by atoms with Gasteiger partial charge in [-0.1, -0.05) is 54.6 Å². The number of sulfonamides is 1. The van der Waals surface area contributed by atoms with Gasteiger partial charge in [0.15, 0.2) is 0 Å². The summed E-state index contributed by atoms with van der Waals surface area (Å²) in [6.45, 7) is -1.16. The number of aliphatic carboxylic acids is 3. The van der Waals surface area contributed by atoms with E-state index in [-0.39, 0.29) is 62.7 Å². The lowest BCUT2D eigenvalue weighted by Gasteiger charge is -2.31. The minimum absolute atomic E-state index is 0.0827. The standard InChI is InChI=1S/C49H51N5O10S/c1-51(35-13-5-3-6-14-35)37-19-21-39-42(28-37)64-43-29-38(52(2)36-15-7-4-8-16-36)20-22-40(43)47(39)41-17-9-10-18-44(41)65(62,63)54-26-23-33(24-27-54)48(59)50-25-11-12-34(49(60)61)30-53(31-45(55)56)32-46(57)58/h3-10,13-22,28-29,33-34H,11-12,23-27,30-32H2,1-2H3,(H3-,50,55,56,57,58,59,60,61)/p+1. The van der Waals surface area contributed by atoms with Crippen molar-refractivity contribution in [1.82, 2.24) is 19.1 Å². The number of piperidine rings is 1. The van der Waals surface area contributed by atoms with E-state index in [1.807, 2.05) is 123 Å². The van der Waals surface area contributed by atoms with Crippen molar-refractivity contribution in [3.05, 3.63) is 127 Å². The molecule has 4 aromatic carbocycles. The van der Waals surface area contributed by atoms with Gasteiger partial charge in [0, 0.05) is 96.9 Å². The van der Waals surface area contributed by atoms with Crippen LogP contribution in [-0.4, -0.2) is 110 Å². The van der Waals surface area contributed by atoms with Crippen LogP contribution in [0.5, 0.6) is 0 Å². The molecule has 1 saturated heterocycles. The summed E-state index contributed by atoms with van der Waals surface area (Å²) < 4.78 is 39.6. The molecule has 7 rings (SSSR count). The highest BCUT2D eigenvalue weighted by atomic mass is 32.2. The van der Waals surface area contributed by atoms with Crippen molar-refractivity contribution >= 4 is 61.9 Å². The Kier molecular flexibility index (Phi) is 14.4. The van der Waals surface area contributed by atoms with Crippen molar-refractivity contribution in [2.24, 2.45) is 11.8 Å². The molecule has 2 aliphatic heterocycles. The van der Waals surface area contributed by atoms with Gasteiger partial charge in [-0.15, -0.1) is 0 Å². The van der Waals surface area contributed by atoms with Crippen LogP contribution < -0.4 is 20.1 Å². The number of nitrogens with zero attached hydrogens (tertiary/aromatic N) is 4. The van der Waals surface area contributed by atoms with E-state index in [9.17, 15) is 32.7 Å². The van der Waals surface area contributed by atoms with Crippen LogP contribution in [0.3, 0.4) is 0 Å². The summed E-state index contributed by atoms with van der Waals surface area (Å²) in [6.07, 6.45) is 0.887. The van der Waals surface area contributed by atoms with Crippen molar-refractivity contribution in [3.63, 3.8) is 0 Å². The summed E-state index contributed by atoms with van der Waals surface area (Å²) in [5.41, 5.74) is 5.38. The maximum atomic E-state index is 14.7. The number of rotatable bonds is 18. The second-order valence-corrected chi connectivity index (χ2v) is 18.1. The van der Waals surface area contributed by atoms with E-state index in [0.29, 0.717) is 22.5 Å². The molecule has 15 nitrogen and oxygen atoms in total. The lowest BCUT2D eigenvalue weighted by molar-refractivity contribution is -0.147. The average molecular weight is 903 g/mol. The molecule has 4 N–H and O–H groups in total. The van der Waals surface area contributed by atoms with Gasteiger partial charge in [0.2, 0.25) is 27.0 Å². The van der Waals surface area contributed by atoms with Gasteiger partial charge >= 0.3 is 17.9 Å². The molecular weight excluding hydrogens is 851 g/mol. The fourth-order valence-electron chi connectivity index (χ4n) is 8.45. The Morgan fingerprint density at radius 1 is 0.800 bits per heavy atom. The number of hydrogen-bond acceptors (Lipinski definition) is 9. The van der Waals surface area contributed by atoms with Crippen LogP contribution >= 0.6 is 0 Å². The Hall–Kier alpha value is -6.88. The van der Waals surface area contributed by atoms with Gasteiger partial charge in [0.1, 0.15) is 18.4 Å². The van der Waals surface area contributed by atoms with E-state index in [0.717, 1.165) is 38.3 Å². The summed E-state index contributed by atoms with van der Waals surface area (Å²) in [5, 5.41) is 32.4. The summed E-state index contributed by atoms with van der Waals surface area (Å²) >= 11 is 0. The maximum Gasteiger partial charge on any atom is 0.317 e. The Balaban J connectivity index is 1.12. The second kappa shape index (κ2) is 20.3. The van der Waals surface area contributed by atoms with Gasteiger partial charge < -0.3 is 30.0 Å². The Labute approximate surface area is 376 Å². The van der Waals surface area contributed by atoms with Gasteiger partial charge in [0.05, 0.1) is 30.0 Å². The highest BCUT2D eigenvalue weighted by Crippen LogP contribution is 2.44. The Bertz CT molecular complexity index is 2830. The zero-order valence-corrected chi connectivity index (χ0v) is 37.0. The fourth-order valence-corrected chi connectivity index (χ4v) is 10.1. The highest BCUT2D eigenvalue weighted by molar-refractivity contribution is 7.89. The first-order chi connectivity index (χ1) is 31.2. The van der Waals surface area contributed by atoms with Crippen LogP contribution in [0.2, 0.25) is 0 Å². The average Bonchev–Trinajstić information content (AvgIpc) is 3.30. The van der Waals surface area contributed by atoms with E-state index < -0.39 is 52.9 Å². The lowest BCUT2D eigenvalue weighted by Crippen LogP contribution is -2.43. The quantitative estimate of drug-likeness (QED) is 0.0435. The number of carboxylic acids is 3. The van der Waals surface area contributed by atoms with E-state index in [4.69, 9.17) is 14.6 Å². The third kappa shape index (κ3) is 10.7. The van der Waals surface area contributed by atoms with Crippen LogP contribution in [0, 0.1) is 11.8 Å². The number of carbonyl (C=O) groups is 4. The summed E-state index contributed by atoms with van der Waals surface area (Å²) in [7, 11) is -0.128. The van der Waals surface area contributed by atoms with Crippen LogP contribution in [0.25, 0.3) is 33.4 Å². The van der Waals surface area contributed by atoms with Crippen LogP contribution in [0.1, 0.15) is 25.7 Å². The summed E-state index contributed by atoms with van der Waals surface area (Å²) in [4.78, 5) is 50.8. The molecule has 338 valence electrons. The molecule has 0 aromatic heterocycles. The van der Waals surface area contributed by atoms with Crippen LogP contribution in [0.4, 0.5) is 17.1 Å². The number of nitrogens with one attached hydrogen (secondary N) is 1. The second-order valence-electron chi connectivity index (χ2n) is 16.2. The minimum Gasteiger partial charge on any atom is -0.481 e. The molecule has 65 heavy (non-hydrogen) atoms. The van der Waals surface area contributed by atoms with Gasteiger partial charge in [0.25, 0.3) is 0 Å². The number of anilines is 2. The molecule has 0 spiro atoms. The number of amides is 1. The molecule has 0 saturated carbocycles. The fraction of sp³-hybridized carbons (Fsp3) is 0.286. The third-order valence-corrected chi connectivity index (χ3v) is 13.9. The number of benzene rings is 5. The number of carboxylic acid groups (broad SMARTS) is 3. The Morgan fingerprint density at radius 3 is 2.11 bits per heavy atom. The molecule has 4 aromatic rings. The summed E-state index contributed by atoms with van der Waals surface area (Å²) in [5.74, 6) is -4.95. The van der Waals surface area contributed by atoms with E-state index in [1.165, 1.54) is 4.31 Å². The van der Waals surface area contributed by atoms with E-state index in [2.05, 4.69) is 14.8 Å². The molecule has 1 amide bonds. The zero-order valence-electron chi connectivity index (χ0n) is 36.2. The van der Waals surface area contributed by atoms with Crippen molar-refractivity contribution in [1.29, 1.82) is 0 Å². The smallest absolute Gasteiger partial charge is 0.317 e. The Morgan fingerprint density at radius 2 is 1.45 bits per heavy atom. The zero-order chi connectivity index (χ0) is 46.3. The number of para-hydroxylation sites is 2. The van der Waals surface area contributed by atoms with Crippen molar-refractivity contribution in [2.75, 3.05) is 58.3 Å². The first kappa shape index (κ1) is 46.1. The van der Waals surface area contributed by atoms with Crippen molar-refractivity contribution < 1.29 is 47.3 Å². The van der Waals surface area contributed by atoms with Gasteiger partial charge in [-0.25, -0.2) is 8.42 Å². The number of fused-ring (bicyclic) bond motifs is 2. The normalized spacial score (nSPS) is 14.6. The topological polar surface area (TPSA) is 201 Å². The molecule has 1 fully saturated rings. The van der Waals surface area contributed by atoms with E-state index in [1.54, 1.807) is 12.1 Å². The van der Waals surface area contributed by atoms with Gasteiger partial charge in [-0.2, -0.15) is 8.88 Å². The van der Waals surface area contributed by atoms with Crippen molar-refractivity contribution in [2.45, 2.75) is 30.6 Å². The lowest BCUT2D eigenvalue weighted by atomic mass is 9.93. The molecule has 3 aliphatic rings. The highest BCUT2D eigenvalue weighted by Gasteiger charge is 2.35. The van der Waals surface area contributed by atoms with Crippen LogP contribution in [0.15, 0.2) is 131 Å². The number of hydrogen-bond donors (Lipinski definition) is 4. The van der Waals surface area contributed by atoms with Gasteiger partial charge in [-0.05, 0) is 62.1 Å². The number of carbonyl (C=O) groups excluding carboxylic acids is 1. The monoisotopic (exact) mass is 902 g/mol. The largest absolute Gasteiger partial charge is 0.481 e. The first-order valence-electron chi connectivity index (χ1n) is 21.4. The molecule has 2 heterocycles. The molecule has 0 radical (unpaired) electrons. The van der Waals surface area contributed by atoms with E-state index >= 15 is 0 Å². The molecule has 1 aliphatic carbocycles. The molecule has 1 unspecified atom stereocenters. The van der Waals surface area contributed by atoms with Crippen LogP contribution in [-0.2, 0) is 29.2 Å². The predicted octanol–water partition coefficient (Wildman–Crippen LogP) is 6.18. The minimum atomic E-state index is -4.08. The predicted molar refractivity (Wildman–Crippen MR) is 247 cm³/mol. The SMILES string of the molecule is CN(c1ccccc1)c1ccc2c(-c3ccccc3S(=O)(=O)N3CCC(C(=O)NCCCC(CN(CC(=O)O)CC(=O)O)C(=O)O)CC3)c3ccc(=[N+](C)c4ccccc4)cc-3oc2c1. The molecule has 16 heteroatoms. The first-order valence-corrected chi connectivity index (χ1v) is 22.8. The third-order valence-electron chi connectivity index (χ3n) is 11.9. The van der Waals surface area contributed by atoms with Crippen molar-refractivity contribution in [3.8, 4) is 22.5 Å². The molecular formula is C49H52N5O10S+. The molecule has 0 bridgehead atoms. The summed E-state index contributed by atoms with van der Waals surface area (Å²) in [6, 6.07) is 38.7. The maximum absolute atomic E-state index is 14.7.